The molecule has 3 saturated heterocycles. The highest BCUT2D eigenvalue weighted by atomic mass is 32.1. The Kier molecular flexibility index (Phi) is 18.3. The molecule has 6 aromatic rings. The predicted octanol–water partition coefficient (Wildman–Crippen LogP) is 7.98. The predicted molar refractivity (Wildman–Crippen MR) is 303 cm³/mol. The van der Waals surface area contributed by atoms with E-state index >= 15 is 0 Å². The zero-order valence-electron chi connectivity index (χ0n) is 44.5. The van der Waals surface area contributed by atoms with Crippen LogP contribution in [0.1, 0.15) is 125 Å². The molecule has 4 amide bonds. The summed E-state index contributed by atoms with van der Waals surface area (Å²) >= 11 is 1.73. The van der Waals surface area contributed by atoms with Crippen molar-refractivity contribution in [1.29, 1.82) is 0 Å². The fraction of sp³-hybridized carbons (Fsp3) is 0.500. The lowest BCUT2D eigenvalue weighted by molar-refractivity contribution is -0.393. The van der Waals surface area contributed by atoms with Gasteiger partial charge in [0.2, 0.25) is 23.0 Å². The van der Waals surface area contributed by atoms with Crippen LogP contribution >= 0.6 is 51.8 Å². The van der Waals surface area contributed by atoms with Crippen molar-refractivity contribution in [2.75, 3.05) is 33.9 Å². The lowest BCUT2D eigenvalue weighted by atomic mass is 9.82. The minimum atomic E-state index is -0.735. The van der Waals surface area contributed by atoms with Crippen LogP contribution in [0.5, 0.6) is 5.75 Å². The van der Waals surface area contributed by atoms with Crippen LogP contribution in [0, 0.1) is 18.8 Å². The van der Waals surface area contributed by atoms with E-state index in [0.717, 1.165) is 111 Å². The van der Waals surface area contributed by atoms with Crippen molar-refractivity contribution < 1.29 is 53.1 Å². The van der Waals surface area contributed by atoms with E-state index in [9.17, 15) is 19.2 Å². The number of alkyl carbamates (subject to hydrolysis) is 2. The molecule has 18 nitrogen and oxygen atoms in total. The number of methoxy groups -OCH3 is 2. The molecule has 0 bridgehead atoms. The molecule has 410 valence electrons. The van der Waals surface area contributed by atoms with Crippen molar-refractivity contribution in [2.24, 2.45) is 11.8 Å². The number of H-pyrrole nitrogens is 5. The topological polar surface area (TPSA) is 215 Å². The quantitative estimate of drug-likeness (QED) is 0.0888. The highest BCUT2D eigenvalue weighted by Gasteiger charge is 2.45. The molecule has 2 aromatic carbocycles. The molecule has 8 heterocycles. The molecular formula is C54H75N10O8S4+3. The standard InChI is InChI=1S/C54H66N10O8S.3H2S/c1-9-12-43-55-28-42(73-43)51-64-37-16-15-31(35-26-56-47(58-35)39-14-11-19-63(39)50(66)46(61-53(68)70-8)32-17-20-71-54(5,6)25-32)22-34(37)23-40(64)44-30(4)21-33(24-41(44)72-51)36-27-57-48(59-36)38-13-10-18-62(38)49(65)45(29(2)3)60-52(67)69-7;;;/h15-16,21-24,26-29,32,38-39,45-46,51H,9-14,17-20,25H2,1-8H3,(H,56,58)(H,57,59)(H,60,67)(H,61,68);3*1H2/p+3/t32?,38-,39-,45-,46?,51?;;;/m0.../s1. The lowest BCUT2D eigenvalue weighted by Gasteiger charge is -2.40. The molecule has 76 heavy (non-hydrogen) atoms. The number of nitrogens with one attached hydrogen (secondary N) is 7. The molecule has 10 rings (SSSR count). The molecule has 4 aromatic heterocycles. The lowest BCUT2D eigenvalue weighted by Crippen LogP contribution is -2.55. The van der Waals surface area contributed by atoms with Crippen LogP contribution in [-0.4, -0.2) is 99.9 Å². The summed E-state index contributed by atoms with van der Waals surface area (Å²) in [7, 11) is 2.62. The number of aryl methyl sites for hydroxylation is 2. The average Bonchev–Trinajstić information content (AvgIpc) is 4.24. The van der Waals surface area contributed by atoms with Gasteiger partial charge in [-0.2, -0.15) is 40.5 Å². The number of nitrogens with zero attached hydrogens (tertiary/aromatic N) is 3. The second-order valence-corrected chi connectivity index (χ2v) is 22.1. The number of hydrogen-bond donors (Lipinski definition) is 4. The summed E-state index contributed by atoms with van der Waals surface area (Å²) in [5.74, 6) is 1.95. The molecule has 0 spiro atoms. The zero-order chi connectivity index (χ0) is 51.3. The monoisotopic (exact) mass is 1120 g/mol. The number of fused-ring (bicyclic) bond motifs is 5. The Morgan fingerprint density at radius 2 is 1.47 bits per heavy atom. The van der Waals surface area contributed by atoms with Crippen LogP contribution in [0.15, 0.2) is 55.0 Å². The largest absolute Gasteiger partial charge is 0.464 e. The second-order valence-electron chi connectivity index (χ2n) is 21.0. The number of rotatable bonds is 13. The fourth-order valence-electron chi connectivity index (χ4n) is 11.6. The maximum Gasteiger partial charge on any atom is 0.407 e. The smallest absolute Gasteiger partial charge is 0.407 e. The minimum absolute atomic E-state index is 0. The van der Waals surface area contributed by atoms with Gasteiger partial charge in [0.15, 0.2) is 17.6 Å². The van der Waals surface area contributed by atoms with E-state index in [-0.39, 0.29) is 76.2 Å². The summed E-state index contributed by atoms with van der Waals surface area (Å²) in [4.78, 5) is 75.7. The van der Waals surface area contributed by atoms with Gasteiger partial charge in [-0.3, -0.25) is 14.2 Å². The maximum absolute atomic E-state index is 14.5. The number of benzene rings is 2. The summed E-state index contributed by atoms with van der Waals surface area (Å²) in [5, 5.41) is 7.88. The van der Waals surface area contributed by atoms with Crippen molar-refractivity contribution >= 4 is 86.7 Å². The van der Waals surface area contributed by atoms with Gasteiger partial charge in [0, 0.05) is 48.2 Å². The van der Waals surface area contributed by atoms with Crippen molar-refractivity contribution in [3.63, 3.8) is 0 Å². The Labute approximate surface area is 468 Å². The van der Waals surface area contributed by atoms with Gasteiger partial charge in [0.1, 0.15) is 47.2 Å². The van der Waals surface area contributed by atoms with E-state index in [1.165, 1.54) is 19.2 Å². The van der Waals surface area contributed by atoms with Gasteiger partial charge in [0.25, 0.3) is 11.6 Å². The number of carbonyl (C=O) groups is 4. The molecule has 22 heteroatoms. The van der Waals surface area contributed by atoms with Crippen molar-refractivity contribution in [1.82, 2.24) is 35.0 Å². The number of hydrogen-bond acceptors (Lipinski definition) is 9. The molecular weight excluding hydrogens is 1040 g/mol. The molecule has 0 saturated carbocycles. The van der Waals surface area contributed by atoms with Gasteiger partial charge in [-0.05, 0) is 120 Å². The Balaban J connectivity index is 0.00000280. The number of imidazole rings is 2. The van der Waals surface area contributed by atoms with Crippen molar-refractivity contribution in [3.8, 4) is 39.5 Å². The first-order valence-corrected chi connectivity index (χ1v) is 26.6. The van der Waals surface area contributed by atoms with Gasteiger partial charge in [-0.1, -0.05) is 32.1 Å². The average molecular weight is 1120 g/mol. The van der Waals surface area contributed by atoms with Crippen LogP contribution in [0.3, 0.4) is 0 Å². The first-order chi connectivity index (χ1) is 35.1. The van der Waals surface area contributed by atoms with Crippen LogP contribution < -0.4 is 30.3 Å². The highest BCUT2D eigenvalue weighted by molar-refractivity contribution is 7.59. The number of thiazole rings is 1. The summed E-state index contributed by atoms with van der Waals surface area (Å²) in [6, 6.07) is 11.2. The third kappa shape index (κ3) is 11.3. The van der Waals surface area contributed by atoms with Gasteiger partial charge < -0.3 is 39.4 Å². The number of ether oxygens (including phenoxy) is 4. The van der Waals surface area contributed by atoms with E-state index in [1.54, 1.807) is 11.3 Å². The van der Waals surface area contributed by atoms with E-state index in [4.69, 9.17) is 18.9 Å². The minimum Gasteiger partial charge on any atom is -0.464 e. The molecule has 6 atom stereocenters. The number of carbonyl (C=O) groups excluding carboxylic acids is 4. The molecule has 3 unspecified atom stereocenters. The Morgan fingerprint density at radius 1 is 0.829 bits per heavy atom. The summed E-state index contributed by atoms with van der Waals surface area (Å²) in [5.41, 5.74) is 7.44. The third-order valence-corrected chi connectivity index (χ3v) is 16.3. The summed E-state index contributed by atoms with van der Waals surface area (Å²) in [6.07, 6.45) is 10.8. The number of amides is 4. The van der Waals surface area contributed by atoms with Gasteiger partial charge >= 0.3 is 12.2 Å². The van der Waals surface area contributed by atoms with E-state index in [1.807, 2.05) is 49.9 Å². The molecule has 7 N–H and O–H groups in total. The summed E-state index contributed by atoms with van der Waals surface area (Å²) < 4.78 is 25.2. The highest BCUT2D eigenvalue weighted by Crippen LogP contribution is 2.48. The van der Waals surface area contributed by atoms with Crippen LogP contribution in [0.4, 0.5) is 9.59 Å². The molecule has 3 fully saturated rings. The van der Waals surface area contributed by atoms with E-state index in [0.29, 0.717) is 32.5 Å². The SMILES string of the molecule is CCCc1[nH+]cc(C2Oc3cc(-c4c[nH+]c([C@@H]5CCCN5C(=O)[C@@H](NC(=O)OC)C(C)C)[nH]4)cc(C)c3-c3cc4cc(-c5c[nH+]c([C@@H]6CCCN6C(=O)C(NC(=O)OC)C6CCOC(C)(C)C6)[nH]5)ccc4n32)s1.S.S.S. The first kappa shape index (κ1) is 58.0. The molecule has 4 aliphatic heterocycles. The number of likely N-dealkylation sites (tertiary alicyclic amines) is 2. The van der Waals surface area contributed by atoms with Crippen LogP contribution in [0.25, 0.3) is 44.7 Å². The van der Waals surface area contributed by atoms with Gasteiger partial charge in [-0.25, -0.2) is 34.5 Å². The Bertz CT molecular complexity index is 3060. The maximum atomic E-state index is 14.5. The van der Waals surface area contributed by atoms with Crippen molar-refractivity contribution in [3.05, 3.63) is 82.1 Å². The van der Waals surface area contributed by atoms with E-state index in [2.05, 4.69) is 96.6 Å². The fourth-order valence-corrected chi connectivity index (χ4v) is 12.7. The molecule has 4 aliphatic rings. The Hall–Kier alpha value is -5.68. The van der Waals surface area contributed by atoms with Crippen LogP contribution in [0.2, 0.25) is 0 Å². The summed E-state index contributed by atoms with van der Waals surface area (Å²) in [6.45, 7) is 13.9. The first-order valence-electron chi connectivity index (χ1n) is 25.8. The van der Waals surface area contributed by atoms with Crippen molar-refractivity contribution in [2.45, 2.75) is 129 Å². The molecule has 0 aliphatic carbocycles. The van der Waals surface area contributed by atoms with Gasteiger partial charge in [0.05, 0.1) is 31.0 Å². The number of aromatic nitrogens is 6. The normalized spacial score (nSPS) is 20.3. The number of aromatic amines is 5. The Morgan fingerprint density at radius 3 is 2.11 bits per heavy atom. The van der Waals surface area contributed by atoms with Gasteiger partial charge in [-0.15, -0.1) is 0 Å². The molecule has 0 radical (unpaired) electrons. The van der Waals surface area contributed by atoms with Crippen LogP contribution in [-0.2, 0) is 30.2 Å². The van der Waals surface area contributed by atoms with E-state index < -0.39 is 36.1 Å². The third-order valence-electron chi connectivity index (χ3n) is 15.2. The second kappa shape index (κ2) is 23.9. The zero-order valence-corrected chi connectivity index (χ0v) is 48.3.